The van der Waals surface area contributed by atoms with E-state index in [1.54, 1.807) is 26.2 Å². The van der Waals surface area contributed by atoms with Crippen molar-refractivity contribution in [2.75, 3.05) is 14.1 Å². The van der Waals surface area contributed by atoms with Gasteiger partial charge in [-0.1, -0.05) is 37.6 Å². The Morgan fingerprint density at radius 1 is 1.35 bits per heavy atom. The molecule has 0 bridgehead atoms. The topological polar surface area (TPSA) is 40.5 Å². The smallest absolute Gasteiger partial charge is 0.255 e. The van der Waals surface area contributed by atoms with Crippen LogP contribution in [0.2, 0.25) is 5.02 Å². The van der Waals surface area contributed by atoms with Gasteiger partial charge in [-0.25, -0.2) is 0 Å². The van der Waals surface area contributed by atoms with Crippen LogP contribution >= 0.6 is 11.6 Å². The zero-order valence-electron chi connectivity index (χ0n) is 10.6. The van der Waals surface area contributed by atoms with Crippen LogP contribution in [0.5, 0.6) is 0 Å². The van der Waals surface area contributed by atoms with E-state index in [1.165, 1.54) is 4.90 Å². The second kappa shape index (κ2) is 5.52. The summed E-state index contributed by atoms with van der Waals surface area (Å²) in [6, 6.07) is 5.42. The first kappa shape index (κ1) is 14.0. The van der Waals surface area contributed by atoms with Gasteiger partial charge in [0.1, 0.15) is 0 Å². The zero-order valence-corrected chi connectivity index (χ0v) is 11.3. The molecule has 1 N–H and O–H groups in total. The third-order valence-electron chi connectivity index (χ3n) is 2.66. The molecule has 0 fully saturated rings. The van der Waals surface area contributed by atoms with Crippen molar-refractivity contribution in [2.24, 2.45) is 0 Å². The first-order valence-corrected chi connectivity index (χ1v) is 5.91. The second-order valence-electron chi connectivity index (χ2n) is 4.57. The van der Waals surface area contributed by atoms with E-state index in [1.807, 2.05) is 19.9 Å². The van der Waals surface area contributed by atoms with E-state index in [9.17, 15) is 9.90 Å². The van der Waals surface area contributed by atoms with Gasteiger partial charge in [0.15, 0.2) is 6.10 Å². The molecule has 0 aliphatic rings. The maximum Gasteiger partial charge on any atom is 0.255 e. The van der Waals surface area contributed by atoms with E-state index in [4.69, 9.17) is 11.6 Å². The highest BCUT2D eigenvalue weighted by atomic mass is 35.5. The molecule has 0 spiro atoms. The molecular formula is C13H18ClNO2. The molecule has 0 unspecified atom stereocenters. The number of carbonyl (C=O) groups is 1. The molecule has 17 heavy (non-hydrogen) atoms. The van der Waals surface area contributed by atoms with E-state index in [2.05, 4.69) is 0 Å². The molecule has 1 amide bonds. The molecule has 0 radical (unpaired) electrons. The highest BCUT2D eigenvalue weighted by molar-refractivity contribution is 6.31. The first-order chi connectivity index (χ1) is 7.84. The van der Waals surface area contributed by atoms with Gasteiger partial charge in [0.2, 0.25) is 0 Å². The standard InChI is InChI=1S/C13H18ClNO2/c1-8(2)9-5-6-11(14)10(7-9)12(16)13(17)15(3)4/h5-8,12,16H,1-4H3/t12-/m0/s1. The first-order valence-electron chi connectivity index (χ1n) is 5.53. The van der Waals surface area contributed by atoms with Crippen LogP contribution in [0.4, 0.5) is 0 Å². The van der Waals surface area contributed by atoms with Crippen LogP contribution in [0.1, 0.15) is 37.0 Å². The Kier molecular flexibility index (Phi) is 4.54. The monoisotopic (exact) mass is 255 g/mol. The van der Waals surface area contributed by atoms with Crippen LogP contribution in [-0.4, -0.2) is 30.0 Å². The number of carbonyl (C=O) groups excluding carboxylic acids is 1. The van der Waals surface area contributed by atoms with Gasteiger partial charge >= 0.3 is 0 Å². The van der Waals surface area contributed by atoms with Gasteiger partial charge in [0, 0.05) is 24.7 Å². The number of benzene rings is 1. The summed E-state index contributed by atoms with van der Waals surface area (Å²) in [5.74, 6) is -0.0412. The summed E-state index contributed by atoms with van der Waals surface area (Å²) in [7, 11) is 3.21. The van der Waals surface area contributed by atoms with Crippen LogP contribution in [0.3, 0.4) is 0 Å². The highest BCUT2D eigenvalue weighted by Crippen LogP contribution is 2.28. The molecule has 0 saturated carbocycles. The average Bonchev–Trinajstić information content (AvgIpc) is 2.27. The van der Waals surface area contributed by atoms with Gasteiger partial charge in [0.25, 0.3) is 5.91 Å². The number of rotatable bonds is 3. The van der Waals surface area contributed by atoms with Crippen molar-refractivity contribution < 1.29 is 9.90 Å². The third-order valence-corrected chi connectivity index (χ3v) is 3.00. The molecule has 0 aromatic heterocycles. The number of aliphatic hydroxyl groups excluding tert-OH is 1. The van der Waals surface area contributed by atoms with Gasteiger partial charge in [0.05, 0.1) is 0 Å². The zero-order chi connectivity index (χ0) is 13.2. The SMILES string of the molecule is CC(C)c1ccc(Cl)c([C@H](O)C(=O)N(C)C)c1. The predicted molar refractivity (Wildman–Crippen MR) is 69.2 cm³/mol. The maximum atomic E-state index is 11.7. The summed E-state index contributed by atoms with van der Waals surface area (Å²) in [4.78, 5) is 13.0. The quantitative estimate of drug-likeness (QED) is 0.902. The largest absolute Gasteiger partial charge is 0.378 e. The molecule has 3 nitrogen and oxygen atoms in total. The molecular weight excluding hydrogens is 238 g/mol. The van der Waals surface area contributed by atoms with Gasteiger partial charge in [-0.05, 0) is 17.5 Å². The van der Waals surface area contributed by atoms with Gasteiger partial charge < -0.3 is 10.0 Å². The second-order valence-corrected chi connectivity index (χ2v) is 4.98. The Labute approximate surface area is 107 Å². The summed E-state index contributed by atoms with van der Waals surface area (Å²) in [6.45, 7) is 4.10. The number of amides is 1. The van der Waals surface area contributed by atoms with Crippen molar-refractivity contribution in [3.05, 3.63) is 34.3 Å². The van der Waals surface area contributed by atoms with Crippen molar-refractivity contribution in [2.45, 2.75) is 25.9 Å². The lowest BCUT2D eigenvalue weighted by Gasteiger charge is -2.18. The highest BCUT2D eigenvalue weighted by Gasteiger charge is 2.22. The molecule has 0 aliphatic heterocycles. The van der Waals surface area contributed by atoms with Crippen LogP contribution in [0, 0.1) is 0 Å². The van der Waals surface area contributed by atoms with Crippen LogP contribution < -0.4 is 0 Å². The summed E-state index contributed by atoms with van der Waals surface area (Å²) in [6.07, 6.45) is -1.20. The van der Waals surface area contributed by atoms with Crippen LogP contribution in [0.25, 0.3) is 0 Å². The summed E-state index contributed by atoms with van der Waals surface area (Å²) >= 11 is 6.01. The number of hydrogen-bond acceptors (Lipinski definition) is 2. The van der Waals surface area contributed by atoms with Crippen LogP contribution in [0.15, 0.2) is 18.2 Å². The Bertz CT molecular complexity index is 416. The Morgan fingerprint density at radius 3 is 2.41 bits per heavy atom. The molecule has 0 saturated heterocycles. The number of nitrogens with zero attached hydrogens (tertiary/aromatic N) is 1. The fourth-order valence-electron chi connectivity index (χ4n) is 1.51. The Morgan fingerprint density at radius 2 is 1.94 bits per heavy atom. The minimum atomic E-state index is -1.20. The lowest BCUT2D eigenvalue weighted by atomic mass is 9.98. The van der Waals surface area contributed by atoms with E-state index < -0.39 is 6.10 Å². The summed E-state index contributed by atoms with van der Waals surface area (Å²) < 4.78 is 0. The van der Waals surface area contributed by atoms with Crippen LogP contribution in [-0.2, 0) is 4.79 Å². The fraction of sp³-hybridized carbons (Fsp3) is 0.462. The van der Waals surface area contributed by atoms with Crippen molar-refractivity contribution >= 4 is 17.5 Å². The van der Waals surface area contributed by atoms with E-state index in [0.717, 1.165) is 5.56 Å². The molecule has 1 aromatic carbocycles. The Balaban J connectivity index is 3.12. The van der Waals surface area contributed by atoms with E-state index >= 15 is 0 Å². The molecule has 1 atom stereocenters. The maximum absolute atomic E-state index is 11.7. The fourth-order valence-corrected chi connectivity index (χ4v) is 1.73. The Hall–Kier alpha value is -1.06. The van der Waals surface area contributed by atoms with Gasteiger partial charge in [-0.3, -0.25) is 4.79 Å². The number of hydrogen-bond donors (Lipinski definition) is 1. The van der Waals surface area contributed by atoms with Crippen molar-refractivity contribution in [3.8, 4) is 0 Å². The molecule has 0 aliphatic carbocycles. The number of halogens is 1. The predicted octanol–water partition coefficient (Wildman–Crippen LogP) is 2.59. The third kappa shape index (κ3) is 3.20. The molecule has 1 rings (SSSR count). The van der Waals surface area contributed by atoms with Crippen molar-refractivity contribution in [3.63, 3.8) is 0 Å². The summed E-state index contributed by atoms with van der Waals surface area (Å²) in [5.41, 5.74) is 1.52. The lowest BCUT2D eigenvalue weighted by Crippen LogP contribution is -2.28. The van der Waals surface area contributed by atoms with Gasteiger partial charge in [-0.15, -0.1) is 0 Å². The van der Waals surface area contributed by atoms with Crippen molar-refractivity contribution in [1.29, 1.82) is 0 Å². The lowest BCUT2D eigenvalue weighted by molar-refractivity contribution is -0.137. The van der Waals surface area contributed by atoms with E-state index in [-0.39, 0.29) is 5.91 Å². The minimum absolute atomic E-state index is 0.327. The molecule has 94 valence electrons. The average molecular weight is 256 g/mol. The molecule has 4 heteroatoms. The molecule has 0 heterocycles. The molecule has 1 aromatic rings. The van der Waals surface area contributed by atoms with E-state index in [0.29, 0.717) is 16.5 Å². The number of likely N-dealkylation sites (N-methyl/N-ethyl adjacent to an activating group) is 1. The minimum Gasteiger partial charge on any atom is -0.378 e. The number of aliphatic hydroxyl groups is 1. The van der Waals surface area contributed by atoms with Gasteiger partial charge in [-0.2, -0.15) is 0 Å². The summed E-state index contributed by atoms with van der Waals surface area (Å²) in [5, 5.41) is 10.4. The van der Waals surface area contributed by atoms with Crippen molar-refractivity contribution in [1.82, 2.24) is 4.90 Å². The normalized spacial score (nSPS) is 12.6.